The van der Waals surface area contributed by atoms with Gasteiger partial charge in [-0.05, 0) is 73.1 Å². The van der Waals surface area contributed by atoms with Crippen LogP contribution in [0.1, 0.15) is 60.2 Å². The van der Waals surface area contributed by atoms with E-state index in [4.69, 9.17) is 9.47 Å². The number of fused-ring (bicyclic) bond motifs is 1. The van der Waals surface area contributed by atoms with Crippen molar-refractivity contribution >= 4 is 5.91 Å². The molecule has 2 aliphatic heterocycles. The fraction of sp³-hybridized carbons (Fsp3) is 0.462. The topological polar surface area (TPSA) is 91.0 Å². The molecule has 0 radical (unpaired) electrons. The molecule has 0 saturated carbocycles. The average Bonchev–Trinajstić information content (AvgIpc) is 3.08. The van der Waals surface area contributed by atoms with Gasteiger partial charge in [0.15, 0.2) is 0 Å². The Kier molecular flexibility index (Phi) is 10.8. The Balaban J connectivity index is 1.27. The summed E-state index contributed by atoms with van der Waals surface area (Å²) in [6.45, 7) is 15.8. The number of aryl methyl sites for hydroxylation is 1. The standard InChI is InChI=1S/C39H49N5O4/c1-25(2)18-31(21-40)39(46)44-13-12-33-29(10-9-11-32(33)28(44)5)22-42-14-16-43(17-15-42)24-35-36(47-7)19-30(20-37(35)48-8)34-23-41(6)38(45)27(4)26(34)3/h9-11,18-20,23,25,28H,12-17,22,24H2,1-8H3/b31-18+. The molecule has 1 atom stereocenters. The van der Waals surface area contributed by atoms with E-state index in [0.717, 1.165) is 78.5 Å². The molecule has 1 aromatic heterocycles. The molecule has 48 heavy (non-hydrogen) atoms. The largest absolute Gasteiger partial charge is 0.496 e. The van der Waals surface area contributed by atoms with Crippen molar-refractivity contribution in [2.24, 2.45) is 13.0 Å². The predicted molar refractivity (Wildman–Crippen MR) is 189 cm³/mol. The van der Waals surface area contributed by atoms with E-state index in [2.05, 4.69) is 53.1 Å². The molecule has 2 aromatic carbocycles. The van der Waals surface area contributed by atoms with Gasteiger partial charge in [0.05, 0.1) is 25.8 Å². The van der Waals surface area contributed by atoms with Crippen LogP contribution in [0.3, 0.4) is 0 Å². The number of piperazine rings is 1. The van der Waals surface area contributed by atoms with Gasteiger partial charge < -0.3 is 18.9 Å². The van der Waals surface area contributed by atoms with E-state index < -0.39 is 0 Å². The maximum absolute atomic E-state index is 13.3. The van der Waals surface area contributed by atoms with Crippen LogP contribution in [-0.2, 0) is 31.4 Å². The van der Waals surface area contributed by atoms with Crippen molar-refractivity contribution in [2.75, 3.05) is 46.9 Å². The highest BCUT2D eigenvalue weighted by molar-refractivity contribution is 5.97. The molecule has 3 heterocycles. The molecule has 0 spiro atoms. The second-order valence-electron chi connectivity index (χ2n) is 13.5. The number of ether oxygens (including phenoxy) is 2. The molecule has 0 aliphatic carbocycles. The molecule has 254 valence electrons. The summed E-state index contributed by atoms with van der Waals surface area (Å²) in [5.74, 6) is 1.51. The van der Waals surface area contributed by atoms with Gasteiger partial charge in [0.25, 0.3) is 11.5 Å². The van der Waals surface area contributed by atoms with E-state index in [1.807, 2.05) is 38.8 Å². The molecule has 2 aliphatic rings. The van der Waals surface area contributed by atoms with E-state index in [1.54, 1.807) is 31.9 Å². The zero-order valence-electron chi connectivity index (χ0n) is 29.7. The van der Waals surface area contributed by atoms with E-state index in [-0.39, 0.29) is 29.0 Å². The van der Waals surface area contributed by atoms with Crippen molar-refractivity contribution in [1.29, 1.82) is 5.26 Å². The van der Waals surface area contributed by atoms with Gasteiger partial charge in [-0.3, -0.25) is 19.4 Å². The molecular weight excluding hydrogens is 602 g/mol. The van der Waals surface area contributed by atoms with E-state index in [0.29, 0.717) is 13.1 Å². The zero-order valence-corrected chi connectivity index (χ0v) is 29.7. The normalized spacial score (nSPS) is 17.3. The summed E-state index contributed by atoms with van der Waals surface area (Å²) in [6, 6.07) is 12.6. The monoisotopic (exact) mass is 651 g/mol. The van der Waals surface area contributed by atoms with Crippen molar-refractivity contribution in [3.05, 3.63) is 91.9 Å². The van der Waals surface area contributed by atoms with Crippen molar-refractivity contribution in [3.8, 4) is 28.7 Å². The highest BCUT2D eigenvalue weighted by Gasteiger charge is 2.31. The number of hydrogen-bond acceptors (Lipinski definition) is 7. The Bertz CT molecular complexity index is 1780. The lowest BCUT2D eigenvalue weighted by atomic mass is 9.89. The SMILES string of the molecule is COc1cc(-c2cn(C)c(=O)c(C)c2C)cc(OC)c1CN1CCN(Cc2cccc3c2CCN(C(=O)/C(C#N)=C/C(C)C)C3C)CC1. The second kappa shape index (κ2) is 14.8. The van der Waals surface area contributed by atoms with Crippen LogP contribution >= 0.6 is 0 Å². The van der Waals surface area contributed by atoms with Gasteiger partial charge in [-0.2, -0.15) is 5.26 Å². The molecule has 3 aromatic rings. The molecule has 1 saturated heterocycles. The van der Waals surface area contributed by atoms with Crippen LogP contribution in [0.2, 0.25) is 0 Å². The lowest BCUT2D eigenvalue weighted by Gasteiger charge is -2.38. The van der Waals surface area contributed by atoms with Crippen LogP contribution in [0.25, 0.3) is 11.1 Å². The number of nitriles is 1. The minimum atomic E-state index is -0.175. The molecular formula is C39H49N5O4. The van der Waals surface area contributed by atoms with Crippen LogP contribution < -0.4 is 15.0 Å². The summed E-state index contributed by atoms with van der Waals surface area (Å²) < 4.78 is 13.4. The van der Waals surface area contributed by atoms with Crippen LogP contribution in [-0.4, -0.2) is 72.1 Å². The smallest absolute Gasteiger partial charge is 0.264 e. The molecule has 1 unspecified atom stereocenters. The van der Waals surface area contributed by atoms with Gasteiger partial charge in [-0.15, -0.1) is 0 Å². The quantitative estimate of drug-likeness (QED) is 0.221. The number of carbonyl (C=O) groups is 1. The number of amides is 1. The first kappa shape index (κ1) is 34.9. The third-order valence-corrected chi connectivity index (χ3v) is 10.0. The minimum Gasteiger partial charge on any atom is -0.496 e. The van der Waals surface area contributed by atoms with Crippen LogP contribution in [0.15, 0.2) is 53.0 Å². The van der Waals surface area contributed by atoms with Crippen LogP contribution in [0.5, 0.6) is 11.5 Å². The number of carbonyl (C=O) groups excluding carboxylic acids is 1. The Labute approximate surface area is 285 Å². The Morgan fingerprint density at radius 3 is 2.21 bits per heavy atom. The van der Waals surface area contributed by atoms with Crippen molar-refractivity contribution in [2.45, 2.75) is 60.2 Å². The highest BCUT2D eigenvalue weighted by atomic mass is 16.5. The fourth-order valence-corrected chi connectivity index (χ4v) is 7.15. The minimum absolute atomic E-state index is 0.0103. The second-order valence-corrected chi connectivity index (χ2v) is 13.5. The lowest BCUT2D eigenvalue weighted by molar-refractivity contribution is -0.129. The first-order chi connectivity index (χ1) is 23.0. The van der Waals surface area contributed by atoms with Gasteiger partial charge in [0.2, 0.25) is 0 Å². The first-order valence-electron chi connectivity index (χ1n) is 16.9. The maximum atomic E-state index is 13.3. The van der Waals surface area contributed by atoms with Crippen molar-refractivity contribution in [1.82, 2.24) is 19.3 Å². The van der Waals surface area contributed by atoms with Gasteiger partial charge >= 0.3 is 0 Å². The summed E-state index contributed by atoms with van der Waals surface area (Å²) in [7, 11) is 5.17. The molecule has 5 rings (SSSR count). The number of aromatic nitrogens is 1. The number of methoxy groups -OCH3 is 2. The number of hydrogen-bond donors (Lipinski definition) is 0. The first-order valence-corrected chi connectivity index (χ1v) is 16.9. The summed E-state index contributed by atoms with van der Waals surface area (Å²) in [5.41, 5.74) is 8.73. The van der Waals surface area contributed by atoms with Crippen molar-refractivity contribution in [3.63, 3.8) is 0 Å². The molecule has 1 amide bonds. The molecule has 1 fully saturated rings. The predicted octanol–water partition coefficient (Wildman–Crippen LogP) is 5.56. The highest BCUT2D eigenvalue weighted by Crippen LogP contribution is 2.38. The molecule has 9 heteroatoms. The van der Waals surface area contributed by atoms with Crippen molar-refractivity contribution < 1.29 is 14.3 Å². The third kappa shape index (κ3) is 7.06. The maximum Gasteiger partial charge on any atom is 0.264 e. The Morgan fingerprint density at radius 1 is 1.00 bits per heavy atom. The number of nitrogens with zero attached hydrogens (tertiary/aromatic N) is 5. The Morgan fingerprint density at radius 2 is 1.62 bits per heavy atom. The van der Waals surface area contributed by atoms with Gasteiger partial charge in [0, 0.05) is 70.2 Å². The summed E-state index contributed by atoms with van der Waals surface area (Å²) in [6.07, 6.45) is 4.43. The van der Waals surface area contributed by atoms with Gasteiger partial charge in [-0.25, -0.2) is 0 Å². The number of pyridine rings is 1. The van der Waals surface area contributed by atoms with Gasteiger partial charge in [-0.1, -0.05) is 38.1 Å². The summed E-state index contributed by atoms with van der Waals surface area (Å²) in [5, 5.41) is 9.63. The van der Waals surface area contributed by atoms with E-state index >= 15 is 0 Å². The van der Waals surface area contributed by atoms with Crippen LogP contribution in [0.4, 0.5) is 0 Å². The molecule has 0 bridgehead atoms. The summed E-state index contributed by atoms with van der Waals surface area (Å²) >= 11 is 0. The average molecular weight is 652 g/mol. The number of benzene rings is 2. The van der Waals surface area contributed by atoms with E-state index in [9.17, 15) is 14.9 Å². The van der Waals surface area contributed by atoms with E-state index in [1.165, 1.54) is 16.7 Å². The fourth-order valence-electron chi connectivity index (χ4n) is 7.15. The molecule has 0 N–H and O–H groups in total. The lowest BCUT2D eigenvalue weighted by Crippen LogP contribution is -2.45. The number of rotatable bonds is 9. The zero-order chi connectivity index (χ0) is 34.7. The summed E-state index contributed by atoms with van der Waals surface area (Å²) in [4.78, 5) is 32.5. The number of allylic oxidation sites excluding steroid dienone is 1. The van der Waals surface area contributed by atoms with Crippen LogP contribution in [0, 0.1) is 31.1 Å². The third-order valence-electron chi connectivity index (χ3n) is 10.0. The molecule has 9 nitrogen and oxygen atoms in total. The van der Waals surface area contributed by atoms with Gasteiger partial charge in [0.1, 0.15) is 23.1 Å². The Hall–Kier alpha value is -4.39.